The lowest BCUT2D eigenvalue weighted by Gasteiger charge is -2.30. The Labute approximate surface area is 118 Å². The fourth-order valence-corrected chi connectivity index (χ4v) is 2.04. The molecule has 2 rings (SSSR count). The first-order valence-corrected chi connectivity index (χ1v) is 6.64. The summed E-state index contributed by atoms with van der Waals surface area (Å²) in [7, 11) is 0. The van der Waals surface area contributed by atoms with Gasteiger partial charge in [0.1, 0.15) is 5.52 Å². The van der Waals surface area contributed by atoms with Crippen LogP contribution in [0.1, 0.15) is 31.1 Å². The van der Waals surface area contributed by atoms with Crippen molar-refractivity contribution in [3.05, 3.63) is 36.2 Å². The lowest BCUT2D eigenvalue weighted by Crippen LogP contribution is -2.48. The summed E-state index contributed by atoms with van der Waals surface area (Å²) in [6.07, 6.45) is 3.20. The Bertz CT molecular complexity index is 613. The van der Waals surface area contributed by atoms with Gasteiger partial charge in [-0.2, -0.15) is 0 Å². The molecule has 0 fully saturated rings. The molecule has 3 N–H and O–H groups in total. The SMILES string of the molecule is CC(C)(C)C(CN)NC(=O)c1cccc2nccnc12. The third-order valence-electron chi connectivity index (χ3n) is 3.33. The zero-order valence-electron chi connectivity index (χ0n) is 12.1. The van der Waals surface area contributed by atoms with E-state index in [2.05, 4.69) is 15.3 Å². The van der Waals surface area contributed by atoms with Crippen molar-refractivity contribution in [3.63, 3.8) is 0 Å². The summed E-state index contributed by atoms with van der Waals surface area (Å²) in [5.41, 5.74) is 7.50. The third kappa shape index (κ3) is 2.93. The van der Waals surface area contributed by atoms with Crippen molar-refractivity contribution < 1.29 is 4.79 Å². The number of nitrogens with one attached hydrogen (secondary N) is 1. The van der Waals surface area contributed by atoms with Crippen molar-refractivity contribution in [2.24, 2.45) is 11.1 Å². The maximum atomic E-state index is 12.4. The number of hydrogen-bond acceptors (Lipinski definition) is 4. The molecule has 0 spiro atoms. The topological polar surface area (TPSA) is 80.9 Å². The summed E-state index contributed by atoms with van der Waals surface area (Å²) >= 11 is 0. The number of nitrogens with zero attached hydrogens (tertiary/aromatic N) is 2. The number of rotatable bonds is 3. The van der Waals surface area contributed by atoms with Gasteiger partial charge in [-0.05, 0) is 17.5 Å². The Kier molecular flexibility index (Phi) is 3.99. The standard InChI is InChI=1S/C15H20N4O/c1-15(2,3)12(9-16)19-14(20)10-5-4-6-11-13(10)18-8-7-17-11/h4-8,12H,9,16H2,1-3H3,(H,19,20). The minimum Gasteiger partial charge on any atom is -0.347 e. The van der Waals surface area contributed by atoms with Crippen LogP contribution in [0, 0.1) is 5.41 Å². The smallest absolute Gasteiger partial charge is 0.253 e. The molecule has 1 aromatic carbocycles. The van der Waals surface area contributed by atoms with Crippen molar-refractivity contribution in [1.82, 2.24) is 15.3 Å². The van der Waals surface area contributed by atoms with Gasteiger partial charge in [-0.15, -0.1) is 0 Å². The number of carbonyl (C=O) groups excluding carboxylic acids is 1. The predicted molar refractivity (Wildman–Crippen MR) is 79.3 cm³/mol. The Hall–Kier alpha value is -2.01. The van der Waals surface area contributed by atoms with E-state index in [-0.39, 0.29) is 17.4 Å². The van der Waals surface area contributed by atoms with Crippen molar-refractivity contribution in [2.75, 3.05) is 6.54 Å². The molecule has 0 saturated carbocycles. The predicted octanol–water partition coefficient (Wildman–Crippen LogP) is 1.73. The van der Waals surface area contributed by atoms with Crippen molar-refractivity contribution in [2.45, 2.75) is 26.8 Å². The van der Waals surface area contributed by atoms with E-state index in [0.717, 1.165) is 0 Å². The number of aromatic nitrogens is 2. The molecule has 0 bridgehead atoms. The summed E-state index contributed by atoms with van der Waals surface area (Å²) < 4.78 is 0. The molecule has 1 amide bonds. The maximum absolute atomic E-state index is 12.4. The largest absolute Gasteiger partial charge is 0.347 e. The van der Waals surface area contributed by atoms with Crippen LogP contribution in [0.15, 0.2) is 30.6 Å². The van der Waals surface area contributed by atoms with Gasteiger partial charge >= 0.3 is 0 Å². The quantitative estimate of drug-likeness (QED) is 0.891. The summed E-state index contributed by atoms with van der Waals surface area (Å²) in [6.45, 7) is 6.54. The average molecular weight is 272 g/mol. The lowest BCUT2D eigenvalue weighted by atomic mass is 9.86. The number of hydrogen-bond donors (Lipinski definition) is 2. The van der Waals surface area contributed by atoms with Gasteiger partial charge < -0.3 is 11.1 Å². The van der Waals surface area contributed by atoms with Gasteiger partial charge in [-0.3, -0.25) is 14.8 Å². The molecule has 0 radical (unpaired) electrons. The minimum atomic E-state index is -0.165. The molecule has 0 aliphatic heterocycles. The summed E-state index contributed by atoms with van der Waals surface area (Å²) in [5.74, 6) is -0.165. The zero-order chi connectivity index (χ0) is 14.8. The van der Waals surface area contributed by atoms with Crippen LogP contribution in [0.2, 0.25) is 0 Å². The average Bonchev–Trinajstić information content (AvgIpc) is 2.42. The molecule has 0 aliphatic rings. The van der Waals surface area contributed by atoms with Crippen LogP contribution >= 0.6 is 0 Å². The number of benzene rings is 1. The maximum Gasteiger partial charge on any atom is 0.253 e. The molecule has 1 heterocycles. The van der Waals surface area contributed by atoms with Gasteiger partial charge in [0.2, 0.25) is 0 Å². The van der Waals surface area contributed by atoms with Gasteiger partial charge in [-0.25, -0.2) is 0 Å². The monoisotopic (exact) mass is 272 g/mol. The second-order valence-electron chi connectivity index (χ2n) is 5.86. The van der Waals surface area contributed by atoms with E-state index in [9.17, 15) is 4.79 Å². The molecule has 0 saturated heterocycles. The molecule has 1 unspecified atom stereocenters. The molecule has 106 valence electrons. The Morgan fingerprint density at radius 2 is 2.00 bits per heavy atom. The van der Waals surface area contributed by atoms with Crippen LogP contribution < -0.4 is 11.1 Å². The van der Waals surface area contributed by atoms with E-state index < -0.39 is 0 Å². The molecule has 2 aromatic rings. The van der Waals surface area contributed by atoms with Gasteiger partial charge in [0.15, 0.2) is 0 Å². The molecule has 5 heteroatoms. The fourth-order valence-electron chi connectivity index (χ4n) is 2.04. The van der Waals surface area contributed by atoms with Gasteiger partial charge in [0.25, 0.3) is 5.91 Å². The van der Waals surface area contributed by atoms with Gasteiger partial charge in [0.05, 0.1) is 11.1 Å². The minimum absolute atomic E-state index is 0.0954. The Morgan fingerprint density at radius 3 is 2.65 bits per heavy atom. The molecule has 20 heavy (non-hydrogen) atoms. The highest BCUT2D eigenvalue weighted by atomic mass is 16.1. The van der Waals surface area contributed by atoms with Crippen molar-refractivity contribution in [3.8, 4) is 0 Å². The molecular weight excluding hydrogens is 252 g/mol. The van der Waals surface area contributed by atoms with E-state index in [0.29, 0.717) is 23.1 Å². The highest BCUT2D eigenvalue weighted by molar-refractivity contribution is 6.04. The first-order chi connectivity index (χ1) is 9.43. The fraction of sp³-hybridized carbons (Fsp3) is 0.400. The van der Waals surface area contributed by atoms with Gasteiger partial charge in [-0.1, -0.05) is 26.8 Å². The first kappa shape index (κ1) is 14.4. The van der Waals surface area contributed by atoms with Crippen LogP contribution in [-0.2, 0) is 0 Å². The lowest BCUT2D eigenvalue weighted by molar-refractivity contribution is 0.0907. The Morgan fingerprint density at radius 1 is 1.30 bits per heavy atom. The van der Waals surface area contributed by atoms with Crippen LogP contribution in [0.5, 0.6) is 0 Å². The van der Waals surface area contributed by atoms with Crippen molar-refractivity contribution in [1.29, 1.82) is 0 Å². The molecule has 0 aliphatic carbocycles. The summed E-state index contributed by atoms with van der Waals surface area (Å²) in [5, 5.41) is 2.98. The summed E-state index contributed by atoms with van der Waals surface area (Å²) in [6, 6.07) is 5.30. The number of fused-ring (bicyclic) bond motifs is 1. The molecular formula is C15H20N4O. The highest BCUT2D eigenvalue weighted by Gasteiger charge is 2.25. The molecule has 5 nitrogen and oxygen atoms in total. The van der Waals surface area contributed by atoms with E-state index in [4.69, 9.17) is 5.73 Å². The second kappa shape index (κ2) is 5.54. The van der Waals surface area contributed by atoms with Crippen LogP contribution in [-0.4, -0.2) is 28.5 Å². The van der Waals surface area contributed by atoms with E-state index >= 15 is 0 Å². The Balaban J connectivity index is 2.32. The van der Waals surface area contributed by atoms with E-state index in [1.54, 1.807) is 24.5 Å². The van der Waals surface area contributed by atoms with Crippen molar-refractivity contribution >= 4 is 16.9 Å². The number of nitrogens with two attached hydrogens (primary N) is 1. The number of amides is 1. The van der Waals surface area contributed by atoms with Crippen LogP contribution in [0.3, 0.4) is 0 Å². The van der Waals surface area contributed by atoms with Crippen LogP contribution in [0.25, 0.3) is 11.0 Å². The van der Waals surface area contributed by atoms with Crippen LogP contribution in [0.4, 0.5) is 0 Å². The molecule has 1 atom stereocenters. The first-order valence-electron chi connectivity index (χ1n) is 6.64. The second-order valence-corrected chi connectivity index (χ2v) is 5.86. The number of carbonyl (C=O) groups is 1. The van der Waals surface area contributed by atoms with E-state index in [1.807, 2.05) is 26.8 Å². The van der Waals surface area contributed by atoms with E-state index in [1.165, 1.54) is 0 Å². The summed E-state index contributed by atoms with van der Waals surface area (Å²) in [4.78, 5) is 20.9. The van der Waals surface area contributed by atoms with Gasteiger partial charge in [0, 0.05) is 25.0 Å². The number of para-hydroxylation sites is 1. The molecule has 1 aromatic heterocycles. The third-order valence-corrected chi connectivity index (χ3v) is 3.33. The highest BCUT2D eigenvalue weighted by Crippen LogP contribution is 2.20. The zero-order valence-corrected chi connectivity index (χ0v) is 12.1. The normalized spacial score (nSPS) is 13.2.